The summed E-state index contributed by atoms with van der Waals surface area (Å²) in [7, 11) is 1.58. The predicted molar refractivity (Wildman–Crippen MR) is 156 cm³/mol. The first-order chi connectivity index (χ1) is 18.4. The molecule has 1 aliphatic rings. The highest BCUT2D eigenvalue weighted by Gasteiger charge is 2.22. The van der Waals surface area contributed by atoms with Crippen molar-refractivity contribution in [1.82, 2.24) is 9.66 Å². The van der Waals surface area contributed by atoms with Crippen LogP contribution >= 0.6 is 39.1 Å². The van der Waals surface area contributed by atoms with Crippen LogP contribution in [0, 0.1) is 0 Å². The molecule has 196 valence electrons. The van der Waals surface area contributed by atoms with Gasteiger partial charge in [-0.05, 0) is 70.7 Å². The van der Waals surface area contributed by atoms with Crippen LogP contribution in [-0.2, 0) is 6.61 Å². The van der Waals surface area contributed by atoms with Crippen molar-refractivity contribution in [2.75, 3.05) is 7.11 Å². The molecular formula is C29H26BrCl2N3O3. The molecule has 1 fully saturated rings. The molecule has 0 N–H and O–H groups in total. The van der Waals surface area contributed by atoms with Crippen LogP contribution in [0.15, 0.2) is 69.0 Å². The molecule has 0 bridgehead atoms. The Morgan fingerprint density at radius 2 is 1.84 bits per heavy atom. The van der Waals surface area contributed by atoms with Crippen LogP contribution in [0.4, 0.5) is 0 Å². The Morgan fingerprint density at radius 1 is 1.05 bits per heavy atom. The molecule has 0 radical (unpaired) electrons. The van der Waals surface area contributed by atoms with E-state index in [-0.39, 0.29) is 18.1 Å². The fourth-order valence-corrected chi connectivity index (χ4v) is 5.46. The van der Waals surface area contributed by atoms with E-state index in [1.54, 1.807) is 31.5 Å². The van der Waals surface area contributed by atoms with E-state index >= 15 is 0 Å². The highest BCUT2D eigenvalue weighted by Crippen LogP contribution is 2.35. The molecular weight excluding hydrogens is 589 g/mol. The summed E-state index contributed by atoms with van der Waals surface area (Å²) in [6.45, 7) is 0.288. The first-order valence-corrected chi connectivity index (χ1v) is 14.0. The highest BCUT2D eigenvalue weighted by atomic mass is 79.9. The smallest absolute Gasteiger partial charge is 0.282 e. The van der Waals surface area contributed by atoms with Gasteiger partial charge in [0.05, 0.1) is 34.3 Å². The molecule has 4 aromatic rings. The van der Waals surface area contributed by atoms with Crippen molar-refractivity contribution in [3.63, 3.8) is 0 Å². The standard InChI is InChI=1S/C29H26BrCl2N3O3/c1-37-26-14-20(22(30)15-27(26)38-17-18-11-12-23(31)24(32)13-18)16-33-35-28(19-7-3-2-4-8-19)34-25-10-6-5-9-21(25)29(35)36/h5-6,9-16,19H,2-4,7-8,17H2,1H3. The number of methoxy groups -OCH3 is 1. The van der Waals surface area contributed by atoms with E-state index in [0.29, 0.717) is 38.3 Å². The highest BCUT2D eigenvalue weighted by molar-refractivity contribution is 9.10. The van der Waals surface area contributed by atoms with Crippen LogP contribution in [-0.4, -0.2) is 23.0 Å². The maximum atomic E-state index is 13.5. The maximum Gasteiger partial charge on any atom is 0.282 e. The fraction of sp³-hybridized carbons (Fsp3) is 0.276. The van der Waals surface area contributed by atoms with Crippen molar-refractivity contribution in [2.24, 2.45) is 5.10 Å². The van der Waals surface area contributed by atoms with Crippen LogP contribution in [0.2, 0.25) is 10.0 Å². The molecule has 1 aliphatic carbocycles. The van der Waals surface area contributed by atoms with Gasteiger partial charge in [0.15, 0.2) is 11.5 Å². The summed E-state index contributed by atoms with van der Waals surface area (Å²) in [6, 6.07) is 16.4. The zero-order valence-corrected chi connectivity index (χ0v) is 23.9. The van der Waals surface area contributed by atoms with E-state index in [1.165, 1.54) is 11.1 Å². The van der Waals surface area contributed by atoms with Gasteiger partial charge in [-0.1, -0.05) is 60.7 Å². The molecule has 38 heavy (non-hydrogen) atoms. The monoisotopic (exact) mass is 613 g/mol. The van der Waals surface area contributed by atoms with E-state index in [1.807, 2.05) is 36.4 Å². The van der Waals surface area contributed by atoms with Crippen LogP contribution in [0.3, 0.4) is 0 Å². The van der Waals surface area contributed by atoms with Crippen LogP contribution in [0.25, 0.3) is 10.9 Å². The van der Waals surface area contributed by atoms with Crippen LogP contribution < -0.4 is 15.0 Å². The Morgan fingerprint density at radius 3 is 2.61 bits per heavy atom. The lowest BCUT2D eigenvalue weighted by molar-refractivity contribution is 0.284. The fourth-order valence-electron chi connectivity index (χ4n) is 4.71. The van der Waals surface area contributed by atoms with Gasteiger partial charge in [-0.3, -0.25) is 4.79 Å². The number of halogens is 3. The average molecular weight is 615 g/mol. The molecule has 1 aromatic heterocycles. The molecule has 0 atom stereocenters. The van der Waals surface area contributed by atoms with Crippen molar-refractivity contribution >= 4 is 56.2 Å². The number of benzene rings is 3. The number of fused-ring (bicyclic) bond motifs is 1. The summed E-state index contributed by atoms with van der Waals surface area (Å²) in [6.07, 6.45) is 7.13. The first kappa shape index (κ1) is 26.7. The number of ether oxygens (including phenoxy) is 2. The van der Waals surface area contributed by atoms with E-state index in [4.69, 9.17) is 37.7 Å². The predicted octanol–water partition coefficient (Wildman–Crippen LogP) is 7.98. The molecule has 0 saturated heterocycles. The topological polar surface area (TPSA) is 65.7 Å². The van der Waals surface area contributed by atoms with Crippen LogP contribution in [0.1, 0.15) is 55.0 Å². The summed E-state index contributed by atoms with van der Waals surface area (Å²) < 4.78 is 13.8. The third-order valence-electron chi connectivity index (χ3n) is 6.72. The van der Waals surface area contributed by atoms with Gasteiger partial charge in [-0.15, -0.1) is 0 Å². The van der Waals surface area contributed by atoms with Crippen molar-refractivity contribution in [3.05, 3.63) is 96.4 Å². The maximum absolute atomic E-state index is 13.5. The zero-order valence-electron chi connectivity index (χ0n) is 20.8. The van der Waals surface area contributed by atoms with Crippen molar-refractivity contribution in [1.29, 1.82) is 0 Å². The number of rotatable bonds is 7. The summed E-state index contributed by atoms with van der Waals surface area (Å²) in [5.41, 5.74) is 2.15. The van der Waals surface area contributed by atoms with Crippen molar-refractivity contribution < 1.29 is 9.47 Å². The first-order valence-electron chi connectivity index (χ1n) is 12.4. The molecule has 0 aliphatic heterocycles. The summed E-state index contributed by atoms with van der Waals surface area (Å²) in [5.74, 6) is 2.00. The lowest BCUT2D eigenvalue weighted by Crippen LogP contribution is -2.25. The number of aromatic nitrogens is 2. The molecule has 5 rings (SSSR count). The SMILES string of the molecule is COc1cc(C=Nn2c(C3CCCCC3)nc3ccccc3c2=O)c(Br)cc1OCc1ccc(Cl)c(Cl)c1. The minimum atomic E-state index is -0.169. The molecule has 3 aromatic carbocycles. The van der Waals surface area contributed by atoms with Gasteiger partial charge in [0, 0.05) is 16.0 Å². The van der Waals surface area contributed by atoms with Gasteiger partial charge in [-0.2, -0.15) is 9.78 Å². The van der Waals surface area contributed by atoms with E-state index in [0.717, 1.165) is 41.3 Å². The largest absolute Gasteiger partial charge is 0.493 e. The van der Waals surface area contributed by atoms with Gasteiger partial charge in [0.25, 0.3) is 5.56 Å². The van der Waals surface area contributed by atoms with Crippen molar-refractivity contribution in [2.45, 2.75) is 44.6 Å². The Labute approximate surface area is 239 Å². The summed E-state index contributed by atoms with van der Waals surface area (Å²) >= 11 is 15.8. The number of para-hydroxylation sites is 1. The lowest BCUT2D eigenvalue weighted by atomic mass is 9.88. The Balaban J connectivity index is 1.47. The third kappa shape index (κ3) is 5.75. The second kappa shape index (κ2) is 11.9. The van der Waals surface area contributed by atoms with Crippen LogP contribution in [0.5, 0.6) is 11.5 Å². The molecule has 0 unspecified atom stereocenters. The molecule has 6 nitrogen and oxygen atoms in total. The average Bonchev–Trinajstić information content (AvgIpc) is 2.94. The molecule has 1 saturated carbocycles. The lowest BCUT2D eigenvalue weighted by Gasteiger charge is -2.22. The number of hydrogen-bond donors (Lipinski definition) is 0. The van der Waals surface area contributed by atoms with Gasteiger partial charge < -0.3 is 9.47 Å². The number of nitrogens with zero attached hydrogens (tertiary/aromatic N) is 3. The van der Waals surface area contributed by atoms with Gasteiger partial charge in [-0.25, -0.2) is 4.98 Å². The summed E-state index contributed by atoms with van der Waals surface area (Å²) in [4.78, 5) is 18.4. The molecule has 0 spiro atoms. The van der Waals surface area contributed by atoms with Gasteiger partial charge in [0.2, 0.25) is 0 Å². The second-order valence-electron chi connectivity index (χ2n) is 9.25. The van der Waals surface area contributed by atoms with Crippen molar-refractivity contribution in [3.8, 4) is 11.5 Å². The van der Waals surface area contributed by atoms with Gasteiger partial charge >= 0.3 is 0 Å². The Kier molecular flexibility index (Phi) is 8.36. The number of hydrogen-bond acceptors (Lipinski definition) is 5. The minimum Gasteiger partial charge on any atom is -0.493 e. The van der Waals surface area contributed by atoms with E-state index in [9.17, 15) is 4.79 Å². The van der Waals surface area contributed by atoms with E-state index in [2.05, 4.69) is 21.0 Å². The quantitative estimate of drug-likeness (QED) is 0.198. The Hall–Kier alpha value is -2.87. The van der Waals surface area contributed by atoms with E-state index < -0.39 is 0 Å². The zero-order chi connectivity index (χ0) is 26.6. The molecule has 9 heteroatoms. The third-order valence-corrected chi connectivity index (χ3v) is 8.15. The summed E-state index contributed by atoms with van der Waals surface area (Å²) in [5, 5.41) is 6.15. The van der Waals surface area contributed by atoms with Gasteiger partial charge in [0.1, 0.15) is 12.4 Å². The molecule has 0 amide bonds. The normalized spacial score (nSPS) is 14.3. The Bertz CT molecular complexity index is 1570. The second-order valence-corrected chi connectivity index (χ2v) is 10.9. The molecule has 1 heterocycles. The minimum absolute atomic E-state index is 0.169.